The number of aryl methyl sites for hydroxylation is 2. The van der Waals surface area contributed by atoms with Gasteiger partial charge in [0.05, 0.1) is 17.4 Å². The number of aromatic nitrogens is 5. The molecule has 0 bridgehead atoms. The maximum Gasteiger partial charge on any atom is 0.225 e. The average Bonchev–Trinajstić information content (AvgIpc) is 3.13. The summed E-state index contributed by atoms with van der Waals surface area (Å²) in [5.74, 6) is 0.406. The molecule has 0 aliphatic carbocycles. The topological polar surface area (TPSA) is 85.6 Å². The smallest absolute Gasteiger partial charge is 0.225 e. The molecule has 0 radical (unpaired) electrons. The van der Waals surface area contributed by atoms with E-state index in [-0.39, 0.29) is 5.91 Å². The number of carbonyl (C=O) groups is 1. The Hall–Kier alpha value is -3.61. The summed E-state index contributed by atoms with van der Waals surface area (Å²) in [5, 5.41) is 7.93. The molecule has 1 amide bonds. The van der Waals surface area contributed by atoms with Crippen LogP contribution in [0.2, 0.25) is 0 Å². The first kappa shape index (κ1) is 16.8. The van der Waals surface area contributed by atoms with Crippen molar-refractivity contribution < 1.29 is 4.79 Å². The van der Waals surface area contributed by atoms with Gasteiger partial charge in [0.1, 0.15) is 5.82 Å². The van der Waals surface area contributed by atoms with Crippen LogP contribution in [0, 0.1) is 0 Å². The third-order valence-corrected chi connectivity index (χ3v) is 4.21. The monoisotopic (exact) mass is 358 g/mol. The van der Waals surface area contributed by atoms with E-state index >= 15 is 0 Å². The molecule has 0 aliphatic heterocycles. The Balaban J connectivity index is 1.49. The molecule has 0 saturated carbocycles. The highest BCUT2D eigenvalue weighted by atomic mass is 16.1. The van der Waals surface area contributed by atoms with Crippen LogP contribution < -0.4 is 5.32 Å². The quantitative estimate of drug-likeness (QED) is 0.593. The summed E-state index contributed by atoms with van der Waals surface area (Å²) < 4.78 is 1.74. The first-order chi connectivity index (χ1) is 13.2. The van der Waals surface area contributed by atoms with Crippen molar-refractivity contribution in [1.29, 1.82) is 0 Å². The van der Waals surface area contributed by atoms with Gasteiger partial charge in [0.25, 0.3) is 0 Å². The lowest BCUT2D eigenvalue weighted by molar-refractivity contribution is -0.116. The number of fused-ring (bicyclic) bond motifs is 1. The van der Waals surface area contributed by atoms with E-state index in [0.29, 0.717) is 18.7 Å². The highest BCUT2D eigenvalue weighted by Crippen LogP contribution is 2.21. The second-order valence-corrected chi connectivity index (χ2v) is 6.27. The zero-order valence-electron chi connectivity index (χ0n) is 14.8. The molecule has 7 nitrogen and oxygen atoms in total. The third-order valence-electron chi connectivity index (χ3n) is 4.21. The van der Waals surface area contributed by atoms with E-state index in [9.17, 15) is 4.79 Å². The molecule has 4 aromatic heterocycles. The molecular formula is C20H18N6O. The van der Waals surface area contributed by atoms with Gasteiger partial charge in [-0.05, 0) is 30.2 Å². The highest BCUT2D eigenvalue weighted by Gasteiger charge is 2.08. The summed E-state index contributed by atoms with van der Waals surface area (Å²) in [7, 11) is 1.87. The van der Waals surface area contributed by atoms with Crippen LogP contribution >= 0.6 is 0 Å². The van der Waals surface area contributed by atoms with Gasteiger partial charge in [-0.25, -0.2) is 9.97 Å². The predicted molar refractivity (Wildman–Crippen MR) is 103 cm³/mol. The Labute approximate surface area is 156 Å². The number of hydrogen-bond acceptors (Lipinski definition) is 5. The maximum atomic E-state index is 12.2. The Morgan fingerprint density at radius 3 is 2.89 bits per heavy atom. The average molecular weight is 358 g/mol. The fraction of sp³-hybridized carbons (Fsp3) is 0.150. The molecule has 0 aliphatic rings. The van der Waals surface area contributed by atoms with Crippen LogP contribution in [-0.2, 0) is 18.3 Å². The Bertz CT molecular complexity index is 1090. The number of anilines is 1. The van der Waals surface area contributed by atoms with E-state index in [4.69, 9.17) is 0 Å². The molecule has 1 N–H and O–H groups in total. The molecular weight excluding hydrogens is 340 g/mol. The van der Waals surface area contributed by atoms with Crippen LogP contribution in [0.15, 0.2) is 61.3 Å². The molecule has 27 heavy (non-hydrogen) atoms. The van der Waals surface area contributed by atoms with E-state index in [1.54, 1.807) is 35.5 Å². The molecule has 4 heterocycles. The summed E-state index contributed by atoms with van der Waals surface area (Å²) in [6.45, 7) is 0. The van der Waals surface area contributed by atoms with Crippen molar-refractivity contribution in [3.63, 3.8) is 0 Å². The van der Waals surface area contributed by atoms with Gasteiger partial charge >= 0.3 is 0 Å². The van der Waals surface area contributed by atoms with Crippen LogP contribution in [0.5, 0.6) is 0 Å². The van der Waals surface area contributed by atoms with Crippen LogP contribution in [0.4, 0.5) is 5.82 Å². The van der Waals surface area contributed by atoms with Gasteiger partial charge < -0.3 is 5.32 Å². The van der Waals surface area contributed by atoms with Gasteiger partial charge in [0.15, 0.2) is 0 Å². The van der Waals surface area contributed by atoms with Crippen LogP contribution in [-0.4, -0.2) is 30.6 Å². The van der Waals surface area contributed by atoms with Gasteiger partial charge in [0, 0.05) is 55.3 Å². The summed E-state index contributed by atoms with van der Waals surface area (Å²) in [4.78, 5) is 25.2. The molecule has 0 spiro atoms. The molecule has 134 valence electrons. The predicted octanol–water partition coefficient (Wildman–Crippen LogP) is 3.00. The molecule has 4 aromatic rings. The van der Waals surface area contributed by atoms with E-state index in [1.165, 1.54) is 0 Å². The Morgan fingerprint density at radius 2 is 2.11 bits per heavy atom. The standard InChI is InChI=1S/C20H18N6O/c1-26-13-16(12-23-26)17-6-5-15-11-22-19(9-18(15)24-17)25-20(27)7-4-14-3-2-8-21-10-14/h2-3,5-6,8-13H,4,7H2,1H3,(H,22,25,27). The van der Waals surface area contributed by atoms with E-state index in [1.807, 2.05) is 37.5 Å². The first-order valence-corrected chi connectivity index (χ1v) is 8.62. The summed E-state index contributed by atoms with van der Waals surface area (Å²) >= 11 is 0. The summed E-state index contributed by atoms with van der Waals surface area (Å²) in [6, 6.07) is 9.51. The Kier molecular flexibility index (Phi) is 4.57. The highest BCUT2D eigenvalue weighted by molar-refractivity contribution is 5.92. The second kappa shape index (κ2) is 7.33. The number of rotatable bonds is 5. The number of amides is 1. The van der Waals surface area contributed by atoms with Crippen molar-refractivity contribution >= 4 is 22.6 Å². The van der Waals surface area contributed by atoms with Crippen molar-refractivity contribution in [3.8, 4) is 11.3 Å². The van der Waals surface area contributed by atoms with Gasteiger partial charge in [-0.15, -0.1) is 0 Å². The Morgan fingerprint density at radius 1 is 1.19 bits per heavy atom. The maximum absolute atomic E-state index is 12.2. The van der Waals surface area contributed by atoms with Gasteiger partial charge in [-0.3, -0.25) is 14.5 Å². The zero-order chi connectivity index (χ0) is 18.6. The summed E-state index contributed by atoms with van der Waals surface area (Å²) in [5.41, 5.74) is 3.57. The number of nitrogens with zero attached hydrogens (tertiary/aromatic N) is 5. The van der Waals surface area contributed by atoms with E-state index < -0.39 is 0 Å². The van der Waals surface area contributed by atoms with Crippen molar-refractivity contribution in [2.45, 2.75) is 12.8 Å². The fourth-order valence-electron chi connectivity index (χ4n) is 2.81. The zero-order valence-corrected chi connectivity index (χ0v) is 14.8. The normalized spacial score (nSPS) is 10.9. The molecule has 4 rings (SSSR count). The van der Waals surface area contributed by atoms with Crippen molar-refractivity contribution in [2.75, 3.05) is 5.32 Å². The van der Waals surface area contributed by atoms with Gasteiger partial charge in [-0.2, -0.15) is 5.10 Å². The molecule has 0 unspecified atom stereocenters. The minimum Gasteiger partial charge on any atom is -0.311 e. The summed E-state index contributed by atoms with van der Waals surface area (Å²) in [6.07, 6.45) is 9.89. The lowest BCUT2D eigenvalue weighted by atomic mass is 10.1. The molecule has 0 atom stereocenters. The fourth-order valence-corrected chi connectivity index (χ4v) is 2.81. The number of pyridine rings is 3. The lowest BCUT2D eigenvalue weighted by Gasteiger charge is -2.06. The number of nitrogens with one attached hydrogen (secondary N) is 1. The van der Waals surface area contributed by atoms with Gasteiger partial charge in [0.2, 0.25) is 5.91 Å². The van der Waals surface area contributed by atoms with Crippen molar-refractivity contribution in [2.24, 2.45) is 7.05 Å². The lowest BCUT2D eigenvalue weighted by Crippen LogP contribution is -2.13. The molecule has 0 saturated heterocycles. The van der Waals surface area contributed by atoms with Crippen LogP contribution in [0.3, 0.4) is 0 Å². The van der Waals surface area contributed by atoms with E-state index in [0.717, 1.165) is 27.7 Å². The first-order valence-electron chi connectivity index (χ1n) is 8.62. The van der Waals surface area contributed by atoms with Crippen molar-refractivity contribution in [3.05, 3.63) is 66.9 Å². The minimum atomic E-state index is -0.0888. The van der Waals surface area contributed by atoms with Crippen LogP contribution in [0.25, 0.3) is 22.2 Å². The van der Waals surface area contributed by atoms with Crippen LogP contribution in [0.1, 0.15) is 12.0 Å². The van der Waals surface area contributed by atoms with Gasteiger partial charge in [-0.1, -0.05) is 6.07 Å². The van der Waals surface area contributed by atoms with E-state index in [2.05, 4.69) is 25.4 Å². The molecule has 7 heteroatoms. The second-order valence-electron chi connectivity index (χ2n) is 6.27. The number of hydrogen-bond donors (Lipinski definition) is 1. The largest absolute Gasteiger partial charge is 0.311 e. The molecule has 0 aromatic carbocycles. The number of carbonyl (C=O) groups excluding carboxylic acids is 1. The minimum absolute atomic E-state index is 0.0888. The van der Waals surface area contributed by atoms with Crippen molar-refractivity contribution in [1.82, 2.24) is 24.7 Å². The SMILES string of the molecule is Cn1cc(-c2ccc3cnc(NC(=O)CCc4cccnc4)cc3n2)cn1. The third kappa shape index (κ3) is 3.98. The molecule has 0 fully saturated rings.